The normalized spacial score (nSPS) is 19.8. The summed E-state index contributed by atoms with van der Waals surface area (Å²) < 4.78 is 11.3. The van der Waals surface area contributed by atoms with Crippen LogP contribution in [0, 0.1) is 12.8 Å². The average molecular weight is 424 g/mol. The lowest BCUT2D eigenvalue weighted by atomic mass is 9.94. The van der Waals surface area contributed by atoms with Crippen LogP contribution in [0.2, 0.25) is 0 Å². The number of rotatable bonds is 4. The molecule has 30 heavy (non-hydrogen) atoms. The lowest BCUT2D eigenvalue weighted by molar-refractivity contribution is -0.116. The molecule has 1 unspecified atom stereocenters. The molecule has 1 aromatic heterocycles. The number of likely N-dealkylation sites (N-methyl/N-ethyl adjacent to an activating group) is 1. The van der Waals surface area contributed by atoms with Gasteiger partial charge in [0.05, 0.1) is 5.69 Å². The van der Waals surface area contributed by atoms with Gasteiger partial charge in [-0.2, -0.15) is 0 Å². The van der Waals surface area contributed by atoms with Gasteiger partial charge in [0.2, 0.25) is 5.91 Å². The van der Waals surface area contributed by atoms with Crippen molar-refractivity contribution in [1.82, 2.24) is 4.98 Å². The third-order valence-electron chi connectivity index (χ3n) is 5.83. The standard InChI is InChI=1S/C23H25N3O3S/c1-14-22(17-4-5-18-16(13-17)7-8-26(18)2)25-23(30-14)24-21(27)12-15-3-6-19-20(11-15)29-10-9-28-19/h3-6,13,15H,7-12H2,1-2H3,(H,24,25,27). The number of hydrogen-bond donors (Lipinski definition) is 1. The second kappa shape index (κ2) is 7.80. The van der Waals surface area contributed by atoms with E-state index in [-0.39, 0.29) is 11.8 Å². The molecule has 0 saturated heterocycles. The molecule has 6 nitrogen and oxygen atoms in total. The van der Waals surface area contributed by atoms with Gasteiger partial charge in [-0.25, -0.2) is 4.98 Å². The van der Waals surface area contributed by atoms with Crippen LogP contribution in [0.4, 0.5) is 10.8 Å². The number of aromatic nitrogens is 1. The second-order valence-corrected chi connectivity index (χ2v) is 9.20. The average Bonchev–Trinajstić information content (AvgIpc) is 3.29. The monoisotopic (exact) mass is 423 g/mol. The Hall–Kier alpha value is -2.80. The number of carbonyl (C=O) groups is 1. The van der Waals surface area contributed by atoms with E-state index in [9.17, 15) is 4.79 Å². The SMILES string of the molecule is Cc1sc(NC(=O)CC2C=CC3=C(C2)OCCO3)nc1-c1ccc2c(c1)CCN2C. The summed E-state index contributed by atoms with van der Waals surface area (Å²) in [4.78, 5) is 20.7. The summed E-state index contributed by atoms with van der Waals surface area (Å²) in [5.74, 6) is 1.75. The highest BCUT2D eigenvalue weighted by Gasteiger charge is 2.24. The van der Waals surface area contributed by atoms with Crippen molar-refractivity contribution in [2.24, 2.45) is 5.92 Å². The number of anilines is 2. The fraction of sp³-hybridized carbons (Fsp3) is 0.391. The number of benzene rings is 1. The Labute approximate surface area is 180 Å². The molecule has 3 heterocycles. The van der Waals surface area contributed by atoms with Gasteiger partial charge in [-0.3, -0.25) is 4.79 Å². The minimum absolute atomic E-state index is 0.0266. The van der Waals surface area contributed by atoms with Crippen LogP contribution in [-0.2, 0) is 20.7 Å². The number of nitrogens with zero attached hydrogens (tertiary/aromatic N) is 2. The van der Waals surface area contributed by atoms with Crippen LogP contribution in [0.3, 0.4) is 0 Å². The van der Waals surface area contributed by atoms with E-state index in [1.807, 2.05) is 12.2 Å². The van der Waals surface area contributed by atoms with Crippen molar-refractivity contribution in [2.75, 3.05) is 37.0 Å². The zero-order valence-corrected chi connectivity index (χ0v) is 18.1. The summed E-state index contributed by atoms with van der Waals surface area (Å²) in [7, 11) is 2.12. The molecule has 0 bridgehead atoms. The maximum Gasteiger partial charge on any atom is 0.226 e. The van der Waals surface area contributed by atoms with Gasteiger partial charge >= 0.3 is 0 Å². The van der Waals surface area contributed by atoms with Crippen LogP contribution in [0.5, 0.6) is 0 Å². The summed E-state index contributed by atoms with van der Waals surface area (Å²) in [5, 5.41) is 3.64. The lowest BCUT2D eigenvalue weighted by Crippen LogP contribution is -2.21. The fourth-order valence-corrected chi connectivity index (χ4v) is 5.13. The predicted octanol–water partition coefficient (Wildman–Crippen LogP) is 4.27. The zero-order chi connectivity index (χ0) is 20.7. The molecule has 0 fully saturated rings. The fourth-order valence-electron chi connectivity index (χ4n) is 4.28. The van der Waals surface area contributed by atoms with Crippen molar-refractivity contribution >= 4 is 28.1 Å². The molecule has 3 aliphatic rings. The molecule has 1 N–H and O–H groups in total. The van der Waals surface area contributed by atoms with Crippen LogP contribution in [-0.4, -0.2) is 37.7 Å². The van der Waals surface area contributed by atoms with Crippen LogP contribution >= 0.6 is 11.3 Å². The van der Waals surface area contributed by atoms with E-state index in [1.165, 1.54) is 22.6 Å². The van der Waals surface area contributed by atoms with E-state index < -0.39 is 0 Å². The summed E-state index contributed by atoms with van der Waals surface area (Å²) in [5.41, 5.74) is 4.72. The van der Waals surface area contributed by atoms with Crippen molar-refractivity contribution in [3.8, 4) is 11.3 Å². The molecule has 7 heteroatoms. The molecular weight excluding hydrogens is 398 g/mol. The Kier molecular flexibility index (Phi) is 4.98. The first-order chi connectivity index (χ1) is 14.6. The highest BCUT2D eigenvalue weighted by Crippen LogP contribution is 2.35. The van der Waals surface area contributed by atoms with Gasteiger partial charge in [-0.1, -0.05) is 12.1 Å². The maximum absolute atomic E-state index is 12.6. The van der Waals surface area contributed by atoms with Crippen LogP contribution < -0.4 is 10.2 Å². The van der Waals surface area contributed by atoms with Crippen LogP contribution in [0.25, 0.3) is 11.3 Å². The van der Waals surface area contributed by atoms with Gasteiger partial charge in [-0.15, -0.1) is 11.3 Å². The maximum atomic E-state index is 12.6. The Morgan fingerprint density at radius 2 is 2.20 bits per heavy atom. The van der Waals surface area contributed by atoms with Gasteiger partial charge < -0.3 is 19.7 Å². The Bertz CT molecular complexity index is 1060. The minimum atomic E-state index is -0.0266. The Morgan fingerprint density at radius 1 is 1.33 bits per heavy atom. The minimum Gasteiger partial charge on any atom is -0.490 e. The summed E-state index contributed by atoms with van der Waals surface area (Å²) in [6.07, 6.45) is 6.12. The van der Waals surface area contributed by atoms with Gasteiger partial charge in [0.15, 0.2) is 10.9 Å². The zero-order valence-electron chi connectivity index (χ0n) is 17.2. The molecule has 5 rings (SSSR count). The Morgan fingerprint density at radius 3 is 3.10 bits per heavy atom. The van der Waals surface area contributed by atoms with Crippen LogP contribution in [0.15, 0.2) is 41.9 Å². The smallest absolute Gasteiger partial charge is 0.226 e. The molecule has 0 saturated carbocycles. The number of aryl methyl sites for hydroxylation is 1. The third-order valence-corrected chi connectivity index (χ3v) is 6.72. The lowest BCUT2D eigenvalue weighted by Gasteiger charge is -2.26. The van der Waals surface area contributed by atoms with E-state index >= 15 is 0 Å². The second-order valence-electron chi connectivity index (χ2n) is 8.00. The largest absolute Gasteiger partial charge is 0.490 e. The van der Waals surface area contributed by atoms with Crippen molar-refractivity contribution in [1.29, 1.82) is 0 Å². The molecule has 1 amide bonds. The van der Waals surface area contributed by atoms with E-state index in [1.54, 1.807) is 0 Å². The molecule has 1 atom stereocenters. The molecule has 156 valence electrons. The first kappa shape index (κ1) is 19.2. The number of thiazole rings is 1. The third kappa shape index (κ3) is 3.69. The van der Waals surface area contributed by atoms with Gasteiger partial charge in [0, 0.05) is 42.6 Å². The van der Waals surface area contributed by atoms with E-state index in [4.69, 9.17) is 14.5 Å². The topological polar surface area (TPSA) is 63.7 Å². The first-order valence-corrected chi connectivity index (χ1v) is 11.2. The van der Waals surface area contributed by atoms with Gasteiger partial charge in [0.25, 0.3) is 0 Å². The number of nitrogens with one attached hydrogen (secondary N) is 1. The highest BCUT2D eigenvalue weighted by molar-refractivity contribution is 7.16. The highest BCUT2D eigenvalue weighted by atomic mass is 32.1. The van der Waals surface area contributed by atoms with Crippen molar-refractivity contribution < 1.29 is 14.3 Å². The summed E-state index contributed by atoms with van der Waals surface area (Å²) in [6.45, 7) is 4.27. The molecule has 1 aliphatic carbocycles. The van der Waals surface area contributed by atoms with Crippen molar-refractivity contribution in [2.45, 2.75) is 26.2 Å². The predicted molar refractivity (Wildman–Crippen MR) is 119 cm³/mol. The number of hydrogen-bond acceptors (Lipinski definition) is 6. The van der Waals surface area contributed by atoms with E-state index in [0.29, 0.717) is 31.2 Å². The van der Waals surface area contributed by atoms with Gasteiger partial charge in [0.1, 0.15) is 19.0 Å². The number of ether oxygens (including phenoxy) is 2. The number of fused-ring (bicyclic) bond motifs is 1. The van der Waals surface area contributed by atoms with Crippen molar-refractivity contribution in [3.63, 3.8) is 0 Å². The van der Waals surface area contributed by atoms with E-state index in [0.717, 1.165) is 40.6 Å². The van der Waals surface area contributed by atoms with Crippen molar-refractivity contribution in [3.05, 3.63) is 52.3 Å². The molecule has 2 aliphatic heterocycles. The summed E-state index contributed by atoms with van der Waals surface area (Å²) in [6, 6.07) is 6.53. The Balaban J connectivity index is 1.25. The number of allylic oxidation sites excluding steroid dienone is 3. The molecule has 0 spiro atoms. The summed E-state index contributed by atoms with van der Waals surface area (Å²) >= 11 is 1.53. The van der Waals surface area contributed by atoms with Crippen LogP contribution in [0.1, 0.15) is 23.3 Å². The van der Waals surface area contributed by atoms with Gasteiger partial charge in [-0.05, 0) is 43.0 Å². The molecule has 2 aromatic rings. The number of carbonyl (C=O) groups excluding carboxylic acids is 1. The molecule has 1 aromatic carbocycles. The molecule has 0 radical (unpaired) electrons. The first-order valence-electron chi connectivity index (χ1n) is 10.4. The quantitative estimate of drug-likeness (QED) is 0.796. The molecular formula is C23H25N3O3S. The number of amides is 1. The van der Waals surface area contributed by atoms with E-state index in [2.05, 4.69) is 42.4 Å².